The van der Waals surface area contributed by atoms with Gasteiger partial charge in [-0.25, -0.2) is 5.90 Å². The Morgan fingerprint density at radius 2 is 2.19 bits per heavy atom. The van der Waals surface area contributed by atoms with Crippen LogP contribution in [0.4, 0.5) is 10.1 Å². The van der Waals surface area contributed by atoms with Crippen LogP contribution < -0.4 is 5.90 Å². The summed E-state index contributed by atoms with van der Waals surface area (Å²) in [5, 5.41) is 10.6. The lowest BCUT2D eigenvalue weighted by Gasteiger charge is -2.23. The Morgan fingerprint density at radius 1 is 1.56 bits per heavy atom. The Kier molecular flexibility index (Phi) is 3.56. The van der Waals surface area contributed by atoms with Gasteiger partial charge < -0.3 is 4.84 Å². The van der Waals surface area contributed by atoms with Crippen LogP contribution in [0.15, 0.2) is 18.2 Å². The van der Waals surface area contributed by atoms with Crippen molar-refractivity contribution in [2.24, 2.45) is 5.90 Å². The fraction of sp³-hybridized carbons (Fsp3) is 0.400. The first-order valence-electron chi connectivity index (χ1n) is 4.65. The van der Waals surface area contributed by atoms with Gasteiger partial charge in [0, 0.05) is 17.0 Å². The van der Waals surface area contributed by atoms with E-state index in [4.69, 9.17) is 5.90 Å². The number of halogens is 1. The summed E-state index contributed by atoms with van der Waals surface area (Å²) in [6.45, 7) is 3.47. The Balaban J connectivity index is 3.25. The zero-order chi connectivity index (χ0) is 12.3. The van der Waals surface area contributed by atoms with Crippen molar-refractivity contribution in [2.75, 3.05) is 6.61 Å². The van der Waals surface area contributed by atoms with Crippen LogP contribution in [-0.4, -0.2) is 11.5 Å². The van der Waals surface area contributed by atoms with Gasteiger partial charge in [0.25, 0.3) is 0 Å². The molecule has 0 bridgehead atoms. The topological polar surface area (TPSA) is 78.4 Å². The van der Waals surface area contributed by atoms with Gasteiger partial charge in [0.1, 0.15) is 0 Å². The predicted octanol–water partition coefficient (Wildman–Crippen LogP) is 1.90. The Hall–Kier alpha value is -1.53. The summed E-state index contributed by atoms with van der Waals surface area (Å²) >= 11 is 0. The maximum atomic E-state index is 13.8. The summed E-state index contributed by atoms with van der Waals surface area (Å²) < 4.78 is 13.8. The molecule has 5 nitrogen and oxygen atoms in total. The molecule has 0 heterocycles. The van der Waals surface area contributed by atoms with Gasteiger partial charge in [0.2, 0.25) is 5.82 Å². The highest BCUT2D eigenvalue weighted by atomic mass is 19.1. The van der Waals surface area contributed by atoms with Crippen molar-refractivity contribution < 1.29 is 14.2 Å². The van der Waals surface area contributed by atoms with E-state index in [2.05, 4.69) is 4.84 Å². The second kappa shape index (κ2) is 4.54. The second-order valence-corrected chi connectivity index (χ2v) is 4.09. The van der Waals surface area contributed by atoms with E-state index >= 15 is 0 Å². The minimum Gasteiger partial charge on any atom is -0.304 e. The Morgan fingerprint density at radius 3 is 2.69 bits per heavy atom. The predicted molar refractivity (Wildman–Crippen MR) is 56.2 cm³/mol. The first kappa shape index (κ1) is 12.5. The average molecular weight is 228 g/mol. The van der Waals surface area contributed by atoms with E-state index in [1.807, 2.05) is 0 Å². The molecular weight excluding hydrogens is 215 g/mol. The highest BCUT2D eigenvalue weighted by Crippen LogP contribution is 2.30. The van der Waals surface area contributed by atoms with E-state index < -0.39 is 21.8 Å². The molecule has 6 heteroatoms. The van der Waals surface area contributed by atoms with E-state index in [1.165, 1.54) is 12.1 Å². The molecule has 0 aromatic heterocycles. The average Bonchev–Trinajstić information content (AvgIpc) is 2.17. The molecule has 0 unspecified atom stereocenters. The third-order valence-electron chi connectivity index (χ3n) is 2.35. The van der Waals surface area contributed by atoms with Crippen molar-refractivity contribution in [2.45, 2.75) is 19.3 Å². The number of nitro groups is 1. The van der Waals surface area contributed by atoms with Crippen LogP contribution >= 0.6 is 0 Å². The zero-order valence-corrected chi connectivity index (χ0v) is 9.07. The van der Waals surface area contributed by atoms with E-state index in [0.717, 1.165) is 6.07 Å². The summed E-state index contributed by atoms with van der Waals surface area (Å²) in [6.07, 6.45) is 0. The smallest absolute Gasteiger partial charge is 0.304 e. The molecule has 1 rings (SSSR count). The molecule has 1 aromatic rings. The number of nitro benzene ring substituents is 1. The minimum absolute atomic E-state index is 0.0745. The van der Waals surface area contributed by atoms with Gasteiger partial charge in [-0.2, -0.15) is 4.39 Å². The Bertz CT molecular complexity index is 407. The van der Waals surface area contributed by atoms with Crippen LogP contribution in [0.3, 0.4) is 0 Å². The van der Waals surface area contributed by atoms with Crippen LogP contribution in [0, 0.1) is 15.9 Å². The molecule has 0 atom stereocenters. The number of nitrogens with zero attached hydrogens (tertiary/aromatic N) is 1. The minimum atomic E-state index is -0.838. The number of hydrogen-bond donors (Lipinski definition) is 1. The fourth-order valence-electron chi connectivity index (χ4n) is 1.47. The lowest BCUT2D eigenvalue weighted by atomic mass is 9.85. The summed E-state index contributed by atoms with van der Waals surface area (Å²) in [5.41, 5.74) is -1.04. The van der Waals surface area contributed by atoms with Crippen LogP contribution in [0.25, 0.3) is 0 Å². The normalized spacial score (nSPS) is 11.5. The van der Waals surface area contributed by atoms with Crippen LogP contribution in [0.5, 0.6) is 0 Å². The third kappa shape index (κ3) is 2.34. The summed E-state index contributed by atoms with van der Waals surface area (Å²) in [6, 6.07) is 4.05. The second-order valence-electron chi connectivity index (χ2n) is 4.09. The lowest BCUT2D eigenvalue weighted by molar-refractivity contribution is -0.387. The van der Waals surface area contributed by atoms with Gasteiger partial charge in [-0.1, -0.05) is 26.0 Å². The van der Waals surface area contributed by atoms with Crippen molar-refractivity contribution in [3.05, 3.63) is 39.7 Å². The highest BCUT2D eigenvalue weighted by Gasteiger charge is 2.28. The molecule has 0 spiro atoms. The van der Waals surface area contributed by atoms with Crippen LogP contribution in [0.2, 0.25) is 0 Å². The van der Waals surface area contributed by atoms with Gasteiger partial charge >= 0.3 is 5.69 Å². The van der Waals surface area contributed by atoms with Crippen molar-refractivity contribution in [3.8, 4) is 0 Å². The van der Waals surface area contributed by atoms with E-state index in [1.54, 1.807) is 13.8 Å². The molecule has 88 valence electrons. The summed E-state index contributed by atoms with van der Waals surface area (Å²) in [7, 11) is 0. The zero-order valence-electron chi connectivity index (χ0n) is 9.07. The van der Waals surface area contributed by atoms with E-state index in [-0.39, 0.29) is 12.2 Å². The standard InChI is InChI=1S/C10H13FN2O3/c1-10(2,6-16-12)7-4-3-5-8(9(7)11)13(14)15/h3-5H,6,12H2,1-2H3. The quantitative estimate of drug-likeness (QED) is 0.630. The first-order valence-corrected chi connectivity index (χ1v) is 4.65. The first-order chi connectivity index (χ1) is 7.40. The lowest BCUT2D eigenvalue weighted by Crippen LogP contribution is -2.27. The molecule has 0 amide bonds. The van der Waals surface area contributed by atoms with Crippen LogP contribution in [-0.2, 0) is 10.3 Å². The summed E-state index contributed by atoms with van der Waals surface area (Å²) in [4.78, 5) is 14.3. The van der Waals surface area contributed by atoms with Gasteiger partial charge in [-0.05, 0) is 0 Å². The van der Waals surface area contributed by atoms with Crippen molar-refractivity contribution in [1.29, 1.82) is 0 Å². The van der Waals surface area contributed by atoms with Gasteiger partial charge in [-0.15, -0.1) is 0 Å². The molecule has 0 aliphatic heterocycles. The molecular formula is C10H13FN2O3. The Labute approximate surface area is 92.1 Å². The third-order valence-corrected chi connectivity index (χ3v) is 2.35. The molecule has 0 radical (unpaired) electrons. The van der Waals surface area contributed by atoms with Crippen molar-refractivity contribution in [3.63, 3.8) is 0 Å². The molecule has 1 aromatic carbocycles. The molecule has 2 N–H and O–H groups in total. The monoisotopic (exact) mass is 228 g/mol. The van der Waals surface area contributed by atoms with Gasteiger partial charge in [0.05, 0.1) is 11.5 Å². The number of nitrogens with two attached hydrogens (primary N) is 1. The van der Waals surface area contributed by atoms with E-state index in [0.29, 0.717) is 0 Å². The molecule has 0 fully saturated rings. The van der Waals surface area contributed by atoms with Gasteiger partial charge in [-0.3, -0.25) is 10.1 Å². The maximum Gasteiger partial charge on any atom is 0.305 e. The molecule has 0 saturated carbocycles. The number of rotatable bonds is 4. The molecule has 0 aliphatic rings. The van der Waals surface area contributed by atoms with Crippen LogP contribution in [0.1, 0.15) is 19.4 Å². The van der Waals surface area contributed by atoms with Crippen molar-refractivity contribution >= 4 is 5.69 Å². The highest BCUT2D eigenvalue weighted by molar-refractivity contribution is 5.40. The number of benzene rings is 1. The molecule has 0 aliphatic carbocycles. The fourth-order valence-corrected chi connectivity index (χ4v) is 1.47. The molecule has 16 heavy (non-hydrogen) atoms. The van der Waals surface area contributed by atoms with Crippen molar-refractivity contribution in [1.82, 2.24) is 0 Å². The maximum absolute atomic E-state index is 13.8. The molecule has 0 saturated heterocycles. The largest absolute Gasteiger partial charge is 0.305 e. The van der Waals surface area contributed by atoms with E-state index in [9.17, 15) is 14.5 Å². The van der Waals surface area contributed by atoms with Gasteiger partial charge in [0.15, 0.2) is 0 Å². The SMILES string of the molecule is CC(C)(CON)c1cccc([N+](=O)[O-])c1F. The number of hydrogen-bond acceptors (Lipinski definition) is 4. The summed E-state index contributed by atoms with van der Waals surface area (Å²) in [5.74, 6) is 4.11.